The Bertz CT molecular complexity index is 2290. The van der Waals surface area contributed by atoms with Crippen LogP contribution in [-0.2, 0) is 0 Å². The zero-order valence-corrected chi connectivity index (χ0v) is 20.7. The lowest BCUT2D eigenvalue weighted by molar-refractivity contribution is 0.795. The molecule has 0 aromatic heterocycles. The quantitative estimate of drug-likeness (QED) is 0.151. The maximum Gasteiger partial charge on any atom is 0.0138 e. The van der Waals surface area contributed by atoms with Crippen LogP contribution in [0.4, 0.5) is 0 Å². The highest BCUT2D eigenvalue weighted by Crippen LogP contribution is 2.49. The Labute approximate surface area is 219 Å². The average molecular weight is 479 g/mol. The number of hydrogen-bond acceptors (Lipinski definition) is 0. The van der Waals surface area contributed by atoms with Crippen LogP contribution < -0.4 is 10.4 Å². The Morgan fingerprint density at radius 3 is 1.18 bits per heavy atom. The van der Waals surface area contributed by atoms with Crippen LogP contribution in [0.1, 0.15) is 23.0 Å². The summed E-state index contributed by atoms with van der Waals surface area (Å²) in [6.07, 6.45) is 5.12. The number of hydrogen-bond donors (Lipinski definition) is 0. The third-order valence-corrected chi connectivity index (χ3v) is 9.46. The van der Waals surface area contributed by atoms with E-state index in [0.717, 1.165) is 0 Å². The predicted octanol–water partition coefficient (Wildman–Crippen LogP) is 8.50. The maximum absolute atomic E-state index is 2.56. The van der Waals surface area contributed by atoms with E-state index in [2.05, 4.69) is 121 Å². The van der Waals surface area contributed by atoms with Crippen molar-refractivity contribution in [3.05, 3.63) is 131 Å². The molecule has 0 amide bonds. The first kappa shape index (κ1) is 19.4. The average Bonchev–Trinajstić information content (AvgIpc) is 2.98. The fourth-order valence-electron chi connectivity index (χ4n) is 7.90. The Morgan fingerprint density at radius 1 is 0.342 bits per heavy atom. The molecule has 0 saturated carbocycles. The number of benzene rings is 8. The molecule has 0 heteroatoms. The van der Waals surface area contributed by atoms with E-state index < -0.39 is 0 Å². The van der Waals surface area contributed by atoms with Gasteiger partial charge in [-0.25, -0.2) is 0 Å². The maximum atomic E-state index is 2.56. The first-order valence-electron chi connectivity index (χ1n) is 13.6. The van der Waals surface area contributed by atoms with E-state index in [1.165, 1.54) is 86.2 Å². The second kappa shape index (κ2) is 6.60. The van der Waals surface area contributed by atoms with Crippen LogP contribution in [0.15, 0.2) is 109 Å². The lowest BCUT2D eigenvalue weighted by Gasteiger charge is -2.33. The summed E-state index contributed by atoms with van der Waals surface area (Å²) in [5.41, 5.74) is 2.93. The van der Waals surface area contributed by atoms with Crippen molar-refractivity contribution in [2.24, 2.45) is 0 Å². The van der Waals surface area contributed by atoms with Crippen molar-refractivity contribution in [1.82, 2.24) is 0 Å². The van der Waals surface area contributed by atoms with Crippen molar-refractivity contribution in [3.8, 4) is 0 Å². The summed E-state index contributed by atoms with van der Waals surface area (Å²) in [4.78, 5) is 0. The van der Waals surface area contributed by atoms with Gasteiger partial charge in [-0.3, -0.25) is 0 Å². The summed E-state index contributed by atoms with van der Waals surface area (Å²) < 4.78 is 0. The van der Waals surface area contributed by atoms with Crippen LogP contribution >= 0.6 is 0 Å². The normalized spacial score (nSPS) is 17.9. The number of rotatable bonds is 0. The van der Waals surface area contributed by atoms with Crippen molar-refractivity contribution < 1.29 is 0 Å². The van der Waals surface area contributed by atoms with Crippen LogP contribution in [0.5, 0.6) is 0 Å². The molecule has 8 aromatic rings. The van der Waals surface area contributed by atoms with E-state index in [9.17, 15) is 0 Å². The van der Waals surface area contributed by atoms with E-state index in [4.69, 9.17) is 0 Å². The van der Waals surface area contributed by atoms with Crippen molar-refractivity contribution in [2.45, 2.75) is 11.8 Å². The van der Waals surface area contributed by atoms with E-state index in [-0.39, 0.29) is 0 Å². The lowest BCUT2D eigenvalue weighted by Crippen LogP contribution is -2.32. The van der Waals surface area contributed by atoms with Gasteiger partial charge in [0, 0.05) is 11.8 Å². The SMILES string of the molecule is C1=c2cc3c(cc2=CC2c4cccc5ccc6cccc(c6c45)C12)c1cccc2ccc4cccc3c4c21. The Hall–Kier alpha value is -4.68. The molecule has 0 N–H and O–H groups in total. The summed E-state index contributed by atoms with van der Waals surface area (Å²) in [7, 11) is 0. The van der Waals surface area contributed by atoms with Gasteiger partial charge in [-0.1, -0.05) is 109 Å². The summed E-state index contributed by atoms with van der Waals surface area (Å²) >= 11 is 0. The largest absolute Gasteiger partial charge is 0.0682 e. The highest BCUT2D eigenvalue weighted by Gasteiger charge is 2.31. The molecule has 2 unspecified atom stereocenters. The minimum absolute atomic E-state index is 0.347. The summed E-state index contributed by atoms with van der Waals surface area (Å²) in [6, 6.07) is 41.4. The van der Waals surface area contributed by atoms with Gasteiger partial charge < -0.3 is 0 Å². The molecule has 38 heavy (non-hydrogen) atoms. The number of fused-ring (bicyclic) bond motifs is 7. The first-order valence-corrected chi connectivity index (χ1v) is 13.6. The van der Waals surface area contributed by atoms with Crippen LogP contribution in [-0.4, -0.2) is 0 Å². The molecule has 0 aliphatic heterocycles. The predicted molar refractivity (Wildman–Crippen MR) is 163 cm³/mol. The van der Waals surface area contributed by atoms with Gasteiger partial charge in [0.2, 0.25) is 0 Å². The Balaban J connectivity index is 1.38. The molecule has 2 aliphatic carbocycles. The van der Waals surface area contributed by atoms with Gasteiger partial charge in [-0.2, -0.15) is 0 Å². The van der Waals surface area contributed by atoms with Crippen molar-refractivity contribution in [2.75, 3.05) is 0 Å². The van der Waals surface area contributed by atoms with E-state index >= 15 is 0 Å². The molecule has 0 heterocycles. The van der Waals surface area contributed by atoms with Crippen molar-refractivity contribution in [3.63, 3.8) is 0 Å². The highest BCUT2D eigenvalue weighted by molar-refractivity contribution is 6.33. The highest BCUT2D eigenvalue weighted by atomic mass is 14.3. The molecule has 0 bridgehead atoms. The first-order chi connectivity index (χ1) is 18.8. The fraction of sp³-hybridized carbons (Fsp3) is 0.0526. The van der Waals surface area contributed by atoms with Crippen LogP contribution in [0.2, 0.25) is 0 Å². The van der Waals surface area contributed by atoms with Crippen molar-refractivity contribution in [1.29, 1.82) is 0 Å². The minimum Gasteiger partial charge on any atom is -0.0682 e. The fourth-order valence-corrected chi connectivity index (χ4v) is 7.90. The van der Waals surface area contributed by atoms with Gasteiger partial charge in [-0.05, 0) is 98.3 Å². The summed E-state index contributed by atoms with van der Waals surface area (Å²) in [6.45, 7) is 0. The molecule has 2 atom stereocenters. The molecule has 174 valence electrons. The zero-order chi connectivity index (χ0) is 24.5. The zero-order valence-electron chi connectivity index (χ0n) is 20.7. The third-order valence-electron chi connectivity index (χ3n) is 9.46. The Morgan fingerprint density at radius 2 is 0.737 bits per heavy atom. The van der Waals surface area contributed by atoms with E-state index in [1.54, 1.807) is 0 Å². The van der Waals surface area contributed by atoms with Gasteiger partial charge in [0.1, 0.15) is 0 Å². The van der Waals surface area contributed by atoms with Gasteiger partial charge in [0.15, 0.2) is 0 Å². The van der Waals surface area contributed by atoms with E-state index in [0.29, 0.717) is 11.8 Å². The summed E-state index contributed by atoms with van der Waals surface area (Å²) in [5, 5.41) is 19.2. The second-order valence-electron chi connectivity index (χ2n) is 11.2. The molecule has 8 aromatic carbocycles. The third kappa shape index (κ3) is 2.24. The molecular formula is C38H22. The molecule has 0 saturated heterocycles. The smallest absolute Gasteiger partial charge is 0.0138 e. The molecule has 0 nitrogen and oxygen atoms in total. The monoisotopic (exact) mass is 478 g/mol. The molecule has 2 aliphatic rings. The summed E-state index contributed by atoms with van der Waals surface area (Å²) in [5.74, 6) is 0.694. The van der Waals surface area contributed by atoms with E-state index in [1.807, 2.05) is 0 Å². The van der Waals surface area contributed by atoms with Crippen LogP contribution in [0.25, 0.3) is 76.8 Å². The molecule has 0 spiro atoms. The van der Waals surface area contributed by atoms with Gasteiger partial charge in [-0.15, -0.1) is 0 Å². The van der Waals surface area contributed by atoms with Gasteiger partial charge in [0.05, 0.1) is 0 Å². The lowest BCUT2D eigenvalue weighted by atomic mass is 9.70. The second-order valence-corrected chi connectivity index (χ2v) is 11.2. The van der Waals surface area contributed by atoms with Crippen LogP contribution in [0, 0.1) is 0 Å². The topological polar surface area (TPSA) is 0 Å². The molecular weight excluding hydrogens is 456 g/mol. The molecule has 10 rings (SSSR count). The molecule has 0 radical (unpaired) electrons. The minimum atomic E-state index is 0.347. The van der Waals surface area contributed by atoms with Gasteiger partial charge >= 0.3 is 0 Å². The van der Waals surface area contributed by atoms with Crippen molar-refractivity contribution >= 4 is 76.8 Å². The molecule has 0 fully saturated rings. The van der Waals surface area contributed by atoms with Crippen LogP contribution in [0.3, 0.4) is 0 Å². The standard InChI is InChI=1S/C38H22/c1-5-21-13-14-22-6-2-10-28-32-18-26-20-34-30-12-4-8-24-16-15-23-7-3-11-29(37(23)38(24)30)33(34)19-25(26)17-31(32)27(9-1)35(21)36(22)28/h1-20,31-32H. The Kier molecular flexibility index (Phi) is 3.37. The van der Waals surface area contributed by atoms with Gasteiger partial charge in [0.25, 0.3) is 0 Å².